The summed E-state index contributed by atoms with van der Waals surface area (Å²) in [7, 11) is 0. The summed E-state index contributed by atoms with van der Waals surface area (Å²) < 4.78 is 0. The monoisotopic (exact) mass is 600 g/mol. The third-order valence-electron chi connectivity index (χ3n) is 7.76. The number of carbonyl (C=O) groups is 1. The third kappa shape index (κ3) is 31.3. The molecule has 2 atom stereocenters. The molecule has 4 nitrogen and oxygen atoms in total. The van der Waals surface area contributed by atoms with Gasteiger partial charge in [-0.15, -0.1) is 0 Å². The lowest BCUT2D eigenvalue weighted by molar-refractivity contribution is -0.123. The standard InChI is InChI=1S/C39H69NO3/c1-3-5-7-9-11-13-15-17-19-21-22-24-26-28-30-32-34-38(42)37(36-41)40-39(43)35-33-31-29-27-25-23-20-18-16-14-12-10-8-6-4-2/h6,8,12,14,18,20,25,27,32,34,37-38,41-42H,3-5,7,9-11,13,15-17,19,21-24,26,28-31,33,35-36H2,1-2H3,(H,40,43)/b8-6-,14-12-,20-18-,27-25-,34-32+. The number of hydrogen-bond acceptors (Lipinski definition) is 3. The lowest BCUT2D eigenvalue weighted by Gasteiger charge is -2.19. The zero-order valence-electron chi connectivity index (χ0n) is 28.2. The SMILES string of the molecule is CC/C=C\C/C=C\C/C=C\C/C=C\CCCCC(=O)NC(CO)C(O)/C=C/CCCCCCCCCCCCCCCC. The van der Waals surface area contributed by atoms with Gasteiger partial charge in [0.15, 0.2) is 0 Å². The van der Waals surface area contributed by atoms with Gasteiger partial charge >= 0.3 is 0 Å². The highest BCUT2D eigenvalue weighted by Gasteiger charge is 2.17. The van der Waals surface area contributed by atoms with E-state index in [0.29, 0.717) is 6.42 Å². The van der Waals surface area contributed by atoms with E-state index >= 15 is 0 Å². The smallest absolute Gasteiger partial charge is 0.220 e. The van der Waals surface area contributed by atoms with Gasteiger partial charge in [-0.25, -0.2) is 0 Å². The van der Waals surface area contributed by atoms with Crippen LogP contribution in [-0.4, -0.2) is 34.9 Å². The van der Waals surface area contributed by atoms with Crippen molar-refractivity contribution in [2.75, 3.05) is 6.61 Å². The van der Waals surface area contributed by atoms with Crippen LogP contribution in [0.5, 0.6) is 0 Å². The fourth-order valence-corrected chi connectivity index (χ4v) is 4.99. The van der Waals surface area contributed by atoms with Crippen LogP contribution < -0.4 is 5.32 Å². The summed E-state index contributed by atoms with van der Waals surface area (Å²) in [5, 5.41) is 22.8. The highest BCUT2D eigenvalue weighted by molar-refractivity contribution is 5.76. The molecule has 0 aromatic rings. The highest BCUT2D eigenvalue weighted by Crippen LogP contribution is 2.13. The summed E-state index contributed by atoms with van der Waals surface area (Å²) in [6.45, 7) is 4.16. The molecule has 0 radical (unpaired) electrons. The number of carbonyl (C=O) groups excluding carboxylic acids is 1. The Morgan fingerprint density at radius 1 is 0.581 bits per heavy atom. The summed E-state index contributed by atoms with van der Waals surface area (Å²) in [5.74, 6) is -0.108. The quantitative estimate of drug-likeness (QED) is 0.0548. The number of amides is 1. The van der Waals surface area contributed by atoms with Crippen LogP contribution in [-0.2, 0) is 4.79 Å². The summed E-state index contributed by atoms with van der Waals surface area (Å²) in [6, 6.07) is -0.644. The number of allylic oxidation sites excluding steroid dienone is 9. The van der Waals surface area contributed by atoms with Crippen LogP contribution in [0.2, 0.25) is 0 Å². The second-order valence-corrected chi connectivity index (χ2v) is 11.9. The first-order valence-corrected chi connectivity index (χ1v) is 18.0. The molecule has 2 unspecified atom stereocenters. The number of hydrogen-bond donors (Lipinski definition) is 3. The van der Waals surface area contributed by atoms with Crippen LogP contribution in [0.3, 0.4) is 0 Å². The first-order valence-electron chi connectivity index (χ1n) is 18.0. The van der Waals surface area contributed by atoms with Gasteiger partial charge in [0, 0.05) is 6.42 Å². The summed E-state index contributed by atoms with van der Waals surface area (Å²) in [4.78, 5) is 12.3. The molecule has 0 spiro atoms. The predicted octanol–water partition coefficient (Wildman–Crippen LogP) is 10.6. The molecular formula is C39H69NO3. The Bertz CT molecular complexity index is 737. The molecule has 0 rings (SSSR count). The summed E-state index contributed by atoms with van der Waals surface area (Å²) in [6.07, 6.45) is 47.3. The first-order chi connectivity index (χ1) is 21.2. The van der Waals surface area contributed by atoms with Crippen molar-refractivity contribution < 1.29 is 15.0 Å². The fourth-order valence-electron chi connectivity index (χ4n) is 4.99. The van der Waals surface area contributed by atoms with Gasteiger partial charge in [-0.05, 0) is 57.8 Å². The Morgan fingerprint density at radius 3 is 1.53 bits per heavy atom. The Labute approximate surface area is 266 Å². The Morgan fingerprint density at radius 2 is 1.02 bits per heavy atom. The van der Waals surface area contributed by atoms with Crippen molar-refractivity contribution in [3.05, 3.63) is 60.8 Å². The highest BCUT2D eigenvalue weighted by atomic mass is 16.3. The molecule has 0 fully saturated rings. The van der Waals surface area contributed by atoms with Crippen LogP contribution in [0.25, 0.3) is 0 Å². The fraction of sp³-hybridized carbons (Fsp3) is 0.718. The maximum absolute atomic E-state index is 12.3. The van der Waals surface area contributed by atoms with E-state index < -0.39 is 12.1 Å². The second-order valence-electron chi connectivity index (χ2n) is 11.9. The number of aliphatic hydroxyl groups excluding tert-OH is 2. The topological polar surface area (TPSA) is 69.6 Å². The molecular weight excluding hydrogens is 530 g/mol. The summed E-state index contributed by atoms with van der Waals surface area (Å²) in [5.41, 5.74) is 0. The minimum atomic E-state index is -0.857. The molecule has 1 amide bonds. The molecule has 0 heterocycles. The van der Waals surface area contributed by atoms with E-state index in [0.717, 1.165) is 57.8 Å². The second kappa shape index (κ2) is 34.6. The average Bonchev–Trinajstić information content (AvgIpc) is 3.01. The molecule has 0 saturated heterocycles. The van der Waals surface area contributed by atoms with E-state index in [2.05, 4.69) is 67.8 Å². The largest absolute Gasteiger partial charge is 0.394 e. The third-order valence-corrected chi connectivity index (χ3v) is 7.76. The maximum atomic E-state index is 12.3. The molecule has 0 aliphatic heterocycles. The first kappa shape index (κ1) is 41.1. The molecule has 0 aliphatic rings. The minimum Gasteiger partial charge on any atom is -0.394 e. The van der Waals surface area contributed by atoms with Crippen molar-refractivity contribution in [2.24, 2.45) is 0 Å². The Kier molecular flexibility index (Phi) is 33.0. The van der Waals surface area contributed by atoms with Crippen molar-refractivity contribution in [1.29, 1.82) is 0 Å². The van der Waals surface area contributed by atoms with Crippen molar-refractivity contribution in [2.45, 2.75) is 174 Å². The number of rotatable bonds is 31. The minimum absolute atomic E-state index is 0.108. The van der Waals surface area contributed by atoms with Gasteiger partial charge in [0.25, 0.3) is 0 Å². The molecule has 0 saturated carbocycles. The Balaban J connectivity index is 3.73. The van der Waals surface area contributed by atoms with Crippen LogP contribution in [0.15, 0.2) is 60.8 Å². The lowest BCUT2D eigenvalue weighted by atomic mass is 10.0. The van der Waals surface area contributed by atoms with Crippen LogP contribution in [0.4, 0.5) is 0 Å². The zero-order chi connectivity index (χ0) is 31.5. The van der Waals surface area contributed by atoms with Crippen molar-refractivity contribution in [3.8, 4) is 0 Å². The van der Waals surface area contributed by atoms with E-state index in [1.807, 2.05) is 6.08 Å². The molecule has 0 bridgehead atoms. The van der Waals surface area contributed by atoms with Crippen molar-refractivity contribution in [3.63, 3.8) is 0 Å². The van der Waals surface area contributed by atoms with Crippen LogP contribution in [0.1, 0.15) is 162 Å². The van der Waals surface area contributed by atoms with E-state index in [-0.39, 0.29) is 12.5 Å². The van der Waals surface area contributed by atoms with Crippen LogP contribution in [0, 0.1) is 0 Å². The molecule has 0 aliphatic carbocycles. The molecule has 0 aromatic heterocycles. The van der Waals surface area contributed by atoms with Gasteiger partial charge < -0.3 is 15.5 Å². The van der Waals surface area contributed by atoms with Gasteiger partial charge in [0.2, 0.25) is 5.91 Å². The molecule has 4 heteroatoms. The van der Waals surface area contributed by atoms with Crippen molar-refractivity contribution in [1.82, 2.24) is 5.32 Å². The van der Waals surface area contributed by atoms with E-state index in [4.69, 9.17) is 0 Å². The van der Waals surface area contributed by atoms with Gasteiger partial charge in [0.05, 0.1) is 18.8 Å². The van der Waals surface area contributed by atoms with Gasteiger partial charge in [-0.2, -0.15) is 0 Å². The predicted molar refractivity (Wildman–Crippen MR) is 188 cm³/mol. The van der Waals surface area contributed by atoms with Crippen molar-refractivity contribution >= 4 is 5.91 Å². The zero-order valence-corrected chi connectivity index (χ0v) is 28.2. The molecule has 248 valence electrons. The molecule has 0 aromatic carbocycles. The average molecular weight is 600 g/mol. The van der Waals surface area contributed by atoms with Gasteiger partial charge in [-0.1, -0.05) is 158 Å². The number of aliphatic hydroxyl groups is 2. The van der Waals surface area contributed by atoms with Gasteiger partial charge in [0.1, 0.15) is 0 Å². The molecule has 43 heavy (non-hydrogen) atoms. The number of nitrogens with one attached hydrogen (secondary N) is 1. The van der Waals surface area contributed by atoms with Crippen LogP contribution >= 0.6 is 0 Å². The lowest BCUT2D eigenvalue weighted by Crippen LogP contribution is -2.45. The number of unbranched alkanes of at least 4 members (excludes halogenated alkanes) is 16. The maximum Gasteiger partial charge on any atom is 0.220 e. The van der Waals surface area contributed by atoms with E-state index in [9.17, 15) is 15.0 Å². The molecule has 3 N–H and O–H groups in total. The Hall–Kier alpha value is -1.91. The van der Waals surface area contributed by atoms with Gasteiger partial charge in [-0.3, -0.25) is 4.79 Å². The van der Waals surface area contributed by atoms with E-state index in [1.54, 1.807) is 6.08 Å². The summed E-state index contributed by atoms with van der Waals surface area (Å²) >= 11 is 0. The van der Waals surface area contributed by atoms with E-state index in [1.165, 1.54) is 83.5 Å². The normalized spacial score (nSPS) is 13.9.